The Morgan fingerprint density at radius 3 is 2.47 bits per heavy atom. The minimum absolute atomic E-state index is 0.191. The lowest BCUT2D eigenvalue weighted by Gasteiger charge is -2.26. The molecule has 0 bridgehead atoms. The maximum atomic E-state index is 11.8. The average Bonchev–Trinajstić information content (AvgIpc) is 3.43. The van der Waals surface area contributed by atoms with Crippen LogP contribution in [0.3, 0.4) is 0 Å². The molecule has 4 aromatic rings. The summed E-state index contributed by atoms with van der Waals surface area (Å²) in [5.74, 6) is 0.156. The number of aromatic carboxylic acids is 1. The summed E-state index contributed by atoms with van der Waals surface area (Å²) in [5, 5.41) is 13.6. The summed E-state index contributed by atoms with van der Waals surface area (Å²) in [6, 6.07) is 22.1. The van der Waals surface area contributed by atoms with Gasteiger partial charge in [-0.2, -0.15) is 0 Å². The monoisotopic (exact) mass is 469 g/mol. The van der Waals surface area contributed by atoms with E-state index in [1.807, 2.05) is 30.3 Å². The van der Waals surface area contributed by atoms with Gasteiger partial charge >= 0.3 is 5.97 Å². The van der Waals surface area contributed by atoms with Gasteiger partial charge in [-0.3, -0.25) is 4.98 Å². The average molecular weight is 470 g/mol. The van der Waals surface area contributed by atoms with E-state index in [0.29, 0.717) is 22.2 Å². The highest BCUT2D eigenvalue weighted by molar-refractivity contribution is 7.80. The Morgan fingerprint density at radius 2 is 1.76 bits per heavy atom. The van der Waals surface area contributed by atoms with Gasteiger partial charge in [0.15, 0.2) is 5.11 Å². The Morgan fingerprint density at radius 1 is 1.03 bits per heavy atom. The number of pyridine rings is 1. The van der Waals surface area contributed by atoms with Crippen molar-refractivity contribution in [3.8, 4) is 11.3 Å². The zero-order valence-electron chi connectivity index (χ0n) is 18.7. The van der Waals surface area contributed by atoms with E-state index in [1.54, 1.807) is 30.5 Å². The molecule has 3 heterocycles. The minimum Gasteiger partial charge on any atom is -0.478 e. The maximum Gasteiger partial charge on any atom is 0.336 e. The van der Waals surface area contributed by atoms with Crippen LogP contribution in [-0.2, 0) is 0 Å². The molecule has 7 heteroatoms. The number of carbonyl (C=O) groups is 1. The zero-order chi connectivity index (χ0) is 23.8. The van der Waals surface area contributed by atoms with Gasteiger partial charge in [0.2, 0.25) is 0 Å². The van der Waals surface area contributed by atoms with E-state index in [2.05, 4.69) is 47.2 Å². The number of nitrogens with zero attached hydrogens (tertiary/aromatic N) is 2. The molecule has 0 saturated carbocycles. The van der Waals surface area contributed by atoms with Crippen molar-refractivity contribution in [2.45, 2.75) is 25.9 Å². The number of hydrogen-bond acceptors (Lipinski definition) is 4. The van der Waals surface area contributed by atoms with Crippen LogP contribution in [-0.4, -0.2) is 21.2 Å². The highest BCUT2D eigenvalue weighted by atomic mass is 32.1. The van der Waals surface area contributed by atoms with Crippen LogP contribution < -0.4 is 10.2 Å². The number of rotatable bonds is 5. The number of anilines is 1. The maximum absolute atomic E-state index is 11.8. The summed E-state index contributed by atoms with van der Waals surface area (Å²) in [4.78, 5) is 18.4. The Labute approximate surface area is 202 Å². The molecule has 5 rings (SSSR count). The van der Waals surface area contributed by atoms with Crippen molar-refractivity contribution >= 4 is 29.0 Å². The predicted molar refractivity (Wildman–Crippen MR) is 135 cm³/mol. The molecule has 1 saturated heterocycles. The third-order valence-electron chi connectivity index (χ3n) is 5.92. The smallest absolute Gasteiger partial charge is 0.336 e. The summed E-state index contributed by atoms with van der Waals surface area (Å²) in [7, 11) is 0. The fraction of sp³-hybridized carbons (Fsp3) is 0.148. The number of benzene rings is 2. The van der Waals surface area contributed by atoms with Crippen LogP contribution in [0.4, 0.5) is 5.69 Å². The number of carboxylic acid groups (broad SMARTS) is 1. The summed E-state index contributed by atoms with van der Waals surface area (Å²) >= 11 is 5.79. The van der Waals surface area contributed by atoms with E-state index in [4.69, 9.17) is 16.6 Å². The number of thiocarbonyl (C=S) groups is 1. The van der Waals surface area contributed by atoms with Gasteiger partial charge in [0.1, 0.15) is 17.6 Å². The molecule has 2 N–H and O–H groups in total. The fourth-order valence-electron chi connectivity index (χ4n) is 4.55. The standard InChI is InChI=1S/C27H23N3O3S/c1-16-13-17(2)15-18(14-16)30-25(24(29-27(30)34)21-9-5-6-12-28-21)23-11-10-22(33-23)19-7-3-4-8-20(19)26(31)32/h3-15,24-25H,1-2H3,(H,29,34)(H,31,32)/t24-,25-/m1/s1. The molecular formula is C27H23N3O3S. The first-order chi connectivity index (χ1) is 16.4. The van der Waals surface area contributed by atoms with Crippen LogP contribution >= 0.6 is 12.2 Å². The number of aryl methyl sites for hydroxylation is 2. The van der Waals surface area contributed by atoms with E-state index in [0.717, 1.165) is 22.5 Å². The number of carboxylic acids is 1. The van der Waals surface area contributed by atoms with Crippen LogP contribution in [0.1, 0.15) is 45.0 Å². The second-order valence-electron chi connectivity index (χ2n) is 8.40. The molecule has 34 heavy (non-hydrogen) atoms. The van der Waals surface area contributed by atoms with Gasteiger partial charge in [-0.05, 0) is 79.7 Å². The quantitative estimate of drug-likeness (QED) is 0.356. The lowest BCUT2D eigenvalue weighted by Crippen LogP contribution is -2.29. The summed E-state index contributed by atoms with van der Waals surface area (Å²) in [6.45, 7) is 4.12. The van der Waals surface area contributed by atoms with Crippen molar-refractivity contribution in [2.24, 2.45) is 0 Å². The van der Waals surface area contributed by atoms with Gasteiger partial charge in [0.25, 0.3) is 0 Å². The van der Waals surface area contributed by atoms with Crippen molar-refractivity contribution in [3.05, 3.63) is 107 Å². The molecule has 0 aliphatic carbocycles. The normalized spacial score (nSPS) is 17.6. The molecule has 170 valence electrons. The third kappa shape index (κ3) is 3.95. The van der Waals surface area contributed by atoms with Gasteiger partial charge in [0, 0.05) is 17.4 Å². The number of nitrogens with one attached hydrogen (secondary N) is 1. The third-order valence-corrected chi connectivity index (χ3v) is 6.24. The van der Waals surface area contributed by atoms with Crippen molar-refractivity contribution < 1.29 is 14.3 Å². The largest absolute Gasteiger partial charge is 0.478 e. The first kappa shape index (κ1) is 21.9. The van der Waals surface area contributed by atoms with Gasteiger partial charge < -0.3 is 19.7 Å². The molecule has 1 fully saturated rings. The predicted octanol–water partition coefficient (Wildman–Crippen LogP) is 5.83. The first-order valence-electron chi connectivity index (χ1n) is 10.9. The number of furan rings is 1. The first-order valence-corrected chi connectivity index (χ1v) is 11.3. The Hall–Kier alpha value is -3.97. The Bertz CT molecular complexity index is 1360. The van der Waals surface area contributed by atoms with Crippen LogP contribution in [0.25, 0.3) is 11.3 Å². The second-order valence-corrected chi connectivity index (χ2v) is 8.78. The molecule has 0 spiro atoms. The van der Waals surface area contributed by atoms with Crippen molar-refractivity contribution in [3.63, 3.8) is 0 Å². The molecule has 0 amide bonds. The Balaban J connectivity index is 1.64. The molecule has 2 atom stereocenters. The highest BCUT2D eigenvalue weighted by Crippen LogP contribution is 2.43. The van der Waals surface area contributed by atoms with E-state index >= 15 is 0 Å². The molecule has 2 aromatic carbocycles. The van der Waals surface area contributed by atoms with E-state index in [1.165, 1.54) is 0 Å². The summed E-state index contributed by atoms with van der Waals surface area (Å²) < 4.78 is 6.32. The van der Waals surface area contributed by atoms with Crippen molar-refractivity contribution in [1.29, 1.82) is 0 Å². The van der Waals surface area contributed by atoms with Crippen molar-refractivity contribution in [2.75, 3.05) is 4.90 Å². The molecule has 0 unspecified atom stereocenters. The van der Waals surface area contributed by atoms with Crippen LogP contribution in [0.5, 0.6) is 0 Å². The lowest BCUT2D eigenvalue weighted by atomic mass is 10.0. The fourth-order valence-corrected chi connectivity index (χ4v) is 4.90. The molecule has 2 aromatic heterocycles. The number of aromatic nitrogens is 1. The van der Waals surface area contributed by atoms with Gasteiger partial charge in [-0.15, -0.1) is 0 Å². The molecular weight excluding hydrogens is 446 g/mol. The molecule has 0 radical (unpaired) electrons. The number of hydrogen-bond donors (Lipinski definition) is 2. The highest BCUT2D eigenvalue weighted by Gasteiger charge is 2.42. The SMILES string of the molecule is Cc1cc(C)cc(N2C(=S)N[C@H](c3ccccn3)[C@H]2c2ccc(-c3ccccc3C(=O)O)o2)c1. The van der Waals surface area contributed by atoms with Crippen molar-refractivity contribution in [1.82, 2.24) is 10.3 Å². The van der Waals surface area contributed by atoms with E-state index in [9.17, 15) is 9.90 Å². The van der Waals surface area contributed by atoms with Crippen LogP contribution in [0, 0.1) is 13.8 Å². The summed E-state index contributed by atoms with van der Waals surface area (Å²) in [6.07, 6.45) is 1.76. The summed E-state index contributed by atoms with van der Waals surface area (Å²) in [5.41, 5.74) is 4.78. The lowest BCUT2D eigenvalue weighted by molar-refractivity contribution is 0.0697. The zero-order valence-corrected chi connectivity index (χ0v) is 19.5. The van der Waals surface area contributed by atoms with Crippen LogP contribution in [0.2, 0.25) is 0 Å². The second kappa shape index (κ2) is 8.76. The van der Waals surface area contributed by atoms with Gasteiger partial charge in [0.05, 0.1) is 17.3 Å². The molecule has 6 nitrogen and oxygen atoms in total. The Kier molecular flexibility index (Phi) is 5.63. The van der Waals surface area contributed by atoms with Crippen LogP contribution in [0.15, 0.2) is 83.4 Å². The molecule has 1 aliphatic heterocycles. The topological polar surface area (TPSA) is 78.6 Å². The minimum atomic E-state index is -1.000. The van der Waals surface area contributed by atoms with Gasteiger partial charge in [-0.1, -0.05) is 30.3 Å². The van der Waals surface area contributed by atoms with E-state index in [-0.39, 0.29) is 17.6 Å². The van der Waals surface area contributed by atoms with Gasteiger partial charge in [-0.25, -0.2) is 4.79 Å². The molecule has 1 aliphatic rings. The van der Waals surface area contributed by atoms with E-state index < -0.39 is 5.97 Å².